The highest BCUT2D eigenvalue weighted by molar-refractivity contribution is 5.96. The van der Waals surface area contributed by atoms with E-state index >= 15 is 0 Å². The van der Waals surface area contributed by atoms with E-state index in [1.54, 1.807) is 24.4 Å². The topological polar surface area (TPSA) is 110 Å². The van der Waals surface area contributed by atoms with Crippen LogP contribution in [0, 0.1) is 6.92 Å². The first-order chi connectivity index (χ1) is 15.0. The highest BCUT2D eigenvalue weighted by Crippen LogP contribution is 2.35. The number of carboxylic acids is 1. The summed E-state index contributed by atoms with van der Waals surface area (Å²) in [7, 11) is 0. The van der Waals surface area contributed by atoms with Crippen LogP contribution in [-0.2, 0) is 11.2 Å². The summed E-state index contributed by atoms with van der Waals surface area (Å²) in [4.78, 5) is 41.3. The second-order valence-electron chi connectivity index (χ2n) is 8.94. The van der Waals surface area contributed by atoms with E-state index < -0.39 is 17.5 Å². The van der Waals surface area contributed by atoms with Gasteiger partial charge in [0.05, 0.1) is 11.6 Å². The van der Waals surface area contributed by atoms with Crippen LogP contribution >= 0.6 is 0 Å². The number of nitrogens with one attached hydrogen (secondary N) is 1. The van der Waals surface area contributed by atoms with Gasteiger partial charge >= 0.3 is 11.9 Å². The van der Waals surface area contributed by atoms with E-state index in [0.29, 0.717) is 24.1 Å². The summed E-state index contributed by atoms with van der Waals surface area (Å²) in [6.45, 7) is 7.38. The Balaban J connectivity index is 1.59. The third kappa shape index (κ3) is 3.95. The number of nitrogens with zero attached hydrogens (tertiary/aromatic N) is 2. The van der Waals surface area contributed by atoms with E-state index in [2.05, 4.69) is 10.3 Å². The molecule has 166 valence electrons. The Morgan fingerprint density at radius 2 is 1.97 bits per heavy atom. The lowest BCUT2D eigenvalue weighted by Gasteiger charge is -2.21. The largest absolute Gasteiger partial charge is 0.477 e. The van der Waals surface area contributed by atoms with Gasteiger partial charge in [-0.15, -0.1) is 0 Å². The number of carbonyl (C=O) groups is 3. The Morgan fingerprint density at radius 1 is 1.22 bits per heavy atom. The molecule has 0 saturated carbocycles. The molecule has 2 N–H and O–H groups in total. The maximum absolute atomic E-state index is 12.9. The number of fused-ring (bicyclic) bond motifs is 2. The monoisotopic (exact) mass is 435 g/mol. The molecule has 32 heavy (non-hydrogen) atoms. The van der Waals surface area contributed by atoms with Gasteiger partial charge in [-0.3, -0.25) is 9.20 Å². The smallest absolute Gasteiger partial charge is 0.352 e. The summed E-state index contributed by atoms with van der Waals surface area (Å²) in [6.07, 6.45) is 2.98. The van der Waals surface area contributed by atoms with Gasteiger partial charge in [-0.2, -0.15) is 0 Å². The molecular weight excluding hydrogens is 410 g/mol. The number of carboxylic acid groups (broad SMARTS) is 1. The van der Waals surface area contributed by atoms with Crippen LogP contribution in [0.25, 0.3) is 5.65 Å². The first kappa shape index (κ1) is 21.5. The average molecular weight is 435 g/mol. The molecule has 0 aliphatic heterocycles. The molecule has 1 aliphatic rings. The number of carbonyl (C=O) groups excluding carboxylic acids is 2. The lowest BCUT2D eigenvalue weighted by Crippen LogP contribution is -2.28. The van der Waals surface area contributed by atoms with Crippen LogP contribution in [0.1, 0.15) is 81.3 Å². The van der Waals surface area contributed by atoms with Crippen LogP contribution < -0.4 is 5.32 Å². The molecule has 0 spiro atoms. The van der Waals surface area contributed by atoms with E-state index in [1.807, 2.05) is 33.8 Å². The van der Waals surface area contributed by atoms with Crippen molar-refractivity contribution in [2.75, 3.05) is 0 Å². The fourth-order valence-corrected chi connectivity index (χ4v) is 4.12. The molecule has 4 rings (SSSR count). The number of hydrogen-bond acceptors (Lipinski definition) is 5. The van der Waals surface area contributed by atoms with Crippen LogP contribution in [0.2, 0.25) is 0 Å². The van der Waals surface area contributed by atoms with E-state index in [0.717, 1.165) is 16.7 Å². The van der Waals surface area contributed by atoms with E-state index in [9.17, 15) is 19.5 Å². The highest BCUT2D eigenvalue weighted by atomic mass is 16.6. The maximum atomic E-state index is 12.9. The average Bonchev–Trinajstić information content (AvgIpc) is 3.33. The predicted octanol–water partition coefficient (Wildman–Crippen LogP) is 3.71. The predicted molar refractivity (Wildman–Crippen MR) is 117 cm³/mol. The third-order valence-corrected chi connectivity index (χ3v) is 5.56. The molecule has 0 saturated heterocycles. The summed E-state index contributed by atoms with van der Waals surface area (Å²) in [6, 6.07) is 7.94. The SMILES string of the molecule is Cc1c(C(=O)OC(C)(C)C)ccc2c1CCC2NC(=O)c1cc(C(=O)O)n2cccc2n1. The Kier molecular flexibility index (Phi) is 5.24. The maximum Gasteiger partial charge on any atom is 0.352 e. The molecule has 1 atom stereocenters. The molecule has 3 aromatic rings. The number of ether oxygens (including phenoxy) is 1. The Morgan fingerprint density at radius 3 is 2.66 bits per heavy atom. The summed E-state index contributed by atoms with van der Waals surface area (Å²) in [5.74, 6) is -1.95. The van der Waals surface area contributed by atoms with Gasteiger partial charge in [0.25, 0.3) is 5.91 Å². The Labute approximate surface area is 185 Å². The first-order valence-electron chi connectivity index (χ1n) is 10.4. The lowest BCUT2D eigenvalue weighted by atomic mass is 9.97. The number of esters is 1. The van der Waals surface area contributed by atoms with Crippen molar-refractivity contribution in [1.29, 1.82) is 0 Å². The minimum Gasteiger partial charge on any atom is -0.477 e. The van der Waals surface area contributed by atoms with Crippen molar-refractivity contribution in [2.45, 2.75) is 52.2 Å². The summed E-state index contributed by atoms with van der Waals surface area (Å²) >= 11 is 0. The first-order valence-corrected chi connectivity index (χ1v) is 10.4. The zero-order chi connectivity index (χ0) is 23.2. The van der Waals surface area contributed by atoms with Crippen molar-refractivity contribution >= 4 is 23.5 Å². The number of hydrogen-bond donors (Lipinski definition) is 2. The van der Waals surface area contributed by atoms with Crippen molar-refractivity contribution in [2.24, 2.45) is 0 Å². The standard InChI is InChI=1S/C24H25N3O5/c1-13-14-9-10-17(16(14)8-7-15(13)23(31)32-24(2,3)4)26-21(28)18-12-19(22(29)30)27-11-5-6-20(27)25-18/h5-8,11-12,17H,9-10H2,1-4H3,(H,26,28)(H,29,30). The van der Waals surface area contributed by atoms with Gasteiger partial charge in [0.2, 0.25) is 0 Å². The van der Waals surface area contributed by atoms with Crippen LogP contribution in [-0.4, -0.2) is 37.9 Å². The van der Waals surface area contributed by atoms with Gasteiger partial charge in [0, 0.05) is 12.3 Å². The van der Waals surface area contributed by atoms with Gasteiger partial charge in [0.15, 0.2) is 0 Å². The molecule has 8 heteroatoms. The van der Waals surface area contributed by atoms with Crippen molar-refractivity contribution in [1.82, 2.24) is 14.7 Å². The molecular formula is C24H25N3O5. The molecule has 2 aromatic heterocycles. The van der Waals surface area contributed by atoms with E-state index in [-0.39, 0.29) is 23.4 Å². The number of aromatic nitrogens is 2. The minimum absolute atomic E-state index is 0.0326. The number of amides is 1. The molecule has 0 bridgehead atoms. The molecule has 1 amide bonds. The number of benzene rings is 1. The molecule has 8 nitrogen and oxygen atoms in total. The van der Waals surface area contributed by atoms with Gasteiger partial charge < -0.3 is 15.2 Å². The molecule has 2 heterocycles. The van der Waals surface area contributed by atoms with E-state index in [4.69, 9.17) is 4.74 Å². The van der Waals surface area contributed by atoms with Crippen molar-refractivity contribution in [3.63, 3.8) is 0 Å². The van der Waals surface area contributed by atoms with Gasteiger partial charge in [-0.1, -0.05) is 6.07 Å². The number of rotatable bonds is 4. The van der Waals surface area contributed by atoms with Crippen molar-refractivity contribution in [3.8, 4) is 0 Å². The minimum atomic E-state index is -1.14. The zero-order valence-electron chi connectivity index (χ0n) is 18.4. The Bertz CT molecular complexity index is 1250. The van der Waals surface area contributed by atoms with Crippen molar-refractivity contribution < 1.29 is 24.2 Å². The molecule has 0 fully saturated rings. The summed E-state index contributed by atoms with van der Waals surface area (Å²) < 4.78 is 6.93. The quantitative estimate of drug-likeness (QED) is 0.605. The van der Waals surface area contributed by atoms with Crippen LogP contribution in [0.15, 0.2) is 36.5 Å². The fraction of sp³-hybridized carbons (Fsp3) is 0.333. The zero-order valence-corrected chi connectivity index (χ0v) is 18.4. The second-order valence-corrected chi connectivity index (χ2v) is 8.94. The van der Waals surface area contributed by atoms with Gasteiger partial charge in [0.1, 0.15) is 22.6 Å². The van der Waals surface area contributed by atoms with Crippen LogP contribution in [0.4, 0.5) is 0 Å². The molecule has 1 unspecified atom stereocenters. The molecule has 1 aromatic carbocycles. The van der Waals surface area contributed by atoms with Crippen LogP contribution in [0.3, 0.4) is 0 Å². The second kappa shape index (κ2) is 7.78. The molecule has 1 aliphatic carbocycles. The van der Waals surface area contributed by atoms with E-state index in [1.165, 1.54) is 10.5 Å². The van der Waals surface area contributed by atoms with Gasteiger partial charge in [-0.25, -0.2) is 14.6 Å². The van der Waals surface area contributed by atoms with Gasteiger partial charge in [-0.05, 0) is 75.4 Å². The fourth-order valence-electron chi connectivity index (χ4n) is 4.12. The summed E-state index contributed by atoms with van der Waals surface area (Å²) in [5.41, 5.74) is 3.18. The van der Waals surface area contributed by atoms with Crippen molar-refractivity contribution in [3.05, 3.63) is 70.2 Å². The normalized spacial score (nSPS) is 15.4. The molecule has 0 radical (unpaired) electrons. The highest BCUT2D eigenvalue weighted by Gasteiger charge is 2.29. The van der Waals surface area contributed by atoms with Crippen LogP contribution in [0.5, 0.6) is 0 Å². The summed E-state index contributed by atoms with van der Waals surface area (Å²) in [5, 5.41) is 12.4. The third-order valence-electron chi connectivity index (χ3n) is 5.56. The Hall–Kier alpha value is -3.68. The lowest BCUT2D eigenvalue weighted by molar-refractivity contribution is 0.00682. The number of aromatic carboxylic acids is 1.